The Hall–Kier alpha value is -1.13. The number of benzene rings is 1. The molecule has 98 valence electrons. The topological polar surface area (TPSA) is 29.5 Å². The van der Waals surface area contributed by atoms with Crippen LogP contribution in [-0.2, 0) is 4.74 Å². The van der Waals surface area contributed by atoms with Crippen molar-refractivity contribution < 1.29 is 13.9 Å². The van der Waals surface area contributed by atoms with E-state index in [1.165, 1.54) is 18.2 Å². The molecule has 1 aromatic rings. The van der Waals surface area contributed by atoms with Crippen LogP contribution in [0.2, 0.25) is 5.02 Å². The Balaban J connectivity index is 2.10. The molecule has 5 heteroatoms. The summed E-state index contributed by atoms with van der Waals surface area (Å²) in [4.78, 5) is 13.8. The van der Waals surface area contributed by atoms with E-state index in [-0.39, 0.29) is 17.6 Å². The van der Waals surface area contributed by atoms with E-state index >= 15 is 0 Å². The van der Waals surface area contributed by atoms with Crippen LogP contribution in [0.3, 0.4) is 0 Å². The molecular formula is C13H15ClFNO2. The zero-order chi connectivity index (χ0) is 13.1. The summed E-state index contributed by atoms with van der Waals surface area (Å²) >= 11 is 5.79. The van der Waals surface area contributed by atoms with Gasteiger partial charge in [0.15, 0.2) is 0 Å². The number of carbonyl (C=O) groups is 1. The summed E-state index contributed by atoms with van der Waals surface area (Å²) in [7, 11) is 1.67. The standard InChI is InChI=1S/C13H15ClFNO2/c1-18-10-4-6-16(7-5-10)13(17)11-8-9(14)2-3-12(11)15/h2-3,8,10H,4-7H2,1H3. The molecule has 0 saturated carbocycles. The molecule has 0 N–H and O–H groups in total. The second-order valence-corrected chi connectivity index (χ2v) is 4.79. The Labute approximate surface area is 110 Å². The van der Waals surface area contributed by atoms with E-state index in [0.717, 1.165) is 12.8 Å². The predicted molar refractivity (Wildman–Crippen MR) is 67.3 cm³/mol. The van der Waals surface area contributed by atoms with E-state index in [2.05, 4.69) is 0 Å². The normalized spacial score (nSPS) is 16.9. The summed E-state index contributed by atoms with van der Waals surface area (Å²) in [5.74, 6) is -0.831. The average Bonchev–Trinajstić information content (AvgIpc) is 2.41. The molecule has 1 amide bonds. The van der Waals surface area contributed by atoms with Gasteiger partial charge in [-0.25, -0.2) is 4.39 Å². The first-order chi connectivity index (χ1) is 8.61. The third-order valence-corrected chi connectivity index (χ3v) is 3.46. The largest absolute Gasteiger partial charge is 0.381 e. The smallest absolute Gasteiger partial charge is 0.256 e. The molecule has 0 unspecified atom stereocenters. The number of amides is 1. The van der Waals surface area contributed by atoms with E-state index in [4.69, 9.17) is 16.3 Å². The second kappa shape index (κ2) is 5.67. The summed E-state index contributed by atoms with van der Waals surface area (Å²) < 4.78 is 18.8. The lowest BCUT2D eigenvalue weighted by Gasteiger charge is -2.31. The van der Waals surface area contributed by atoms with Crippen LogP contribution >= 0.6 is 11.6 Å². The molecule has 18 heavy (non-hydrogen) atoms. The zero-order valence-corrected chi connectivity index (χ0v) is 10.9. The molecule has 1 aliphatic rings. The number of carbonyl (C=O) groups excluding carboxylic acids is 1. The van der Waals surface area contributed by atoms with Crippen molar-refractivity contribution in [2.24, 2.45) is 0 Å². The maximum Gasteiger partial charge on any atom is 0.256 e. The molecule has 1 heterocycles. The van der Waals surface area contributed by atoms with Crippen LogP contribution in [0, 0.1) is 5.82 Å². The van der Waals surface area contributed by atoms with Gasteiger partial charge in [-0.15, -0.1) is 0 Å². The number of ether oxygens (including phenoxy) is 1. The van der Waals surface area contributed by atoms with Gasteiger partial charge in [-0.2, -0.15) is 0 Å². The summed E-state index contributed by atoms with van der Waals surface area (Å²) in [6, 6.07) is 4.03. The SMILES string of the molecule is COC1CCN(C(=O)c2cc(Cl)ccc2F)CC1. The maximum atomic E-state index is 13.6. The van der Waals surface area contributed by atoms with Crippen molar-refractivity contribution in [2.75, 3.05) is 20.2 Å². The van der Waals surface area contributed by atoms with Crippen molar-refractivity contribution in [2.45, 2.75) is 18.9 Å². The van der Waals surface area contributed by atoms with Crippen molar-refractivity contribution in [3.05, 3.63) is 34.6 Å². The number of nitrogens with zero attached hydrogens (tertiary/aromatic N) is 1. The van der Waals surface area contributed by atoms with E-state index in [0.29, 0.717) is 18.1 Å². The minimum Gasteiger partial charge on any atom is -0.381 e. The Morgan fingerprint density at radius 2 is 2.11 bits per heavy atom. The monoisotopic (exact) mass is 271 g/mol. The Morgan fingerprint density at radius 3 is 2.72 bits per heavy atom. The Morgan fingerprint density at radius 1 is 1.44 bits per heavy atom. The number of hydrogen-bond acceptors (Lipinski definition) is 2. The molecular weight excluding hydrogens is 257 g/mol. The highest BCUT2D eigenvalue weighted by molar-refractivity contribution is 6.31. The summed E-state index contributed by atoms with van der Waals surface area (Å²) in [6.45, 7) is 1.17. The first-order valence-electron chi connectivity index (χ1n) is 5.89. The van der Waals surface area contributed by atoms with Gasteiger partial charge in [0.1, 0.15) is 5.82 Å². The van der Waals surface area contributed by atoms with Crippen molar-refractivity contribution >= 4 is 17.5 Å². The lowest BCUT2D eigenvalue weighted by molar-refractivity contribution is 0.0348. The summed E-state index contributed by atoms with van der Waals surface area (Å²) in [6.07, 6.45) is 1.76. The molecule has 1 saturated heterocycles. The average molecular weight is 272 g/mol. The lowest BCUT2D eigenvalue weighted by Crippen LogP contribution is -2.40. The quantitative estimate of drug-likeness (QED) is 0.828. The van der Waals surface area contributed by atoms with E-state index in [1.807, 2.05) is 0 Å². The van der Waals surface area contributed by atoms with Crippen LogP contribution in [0.5, 0.6) is 0 Å². The van der Waals surface area contributed by atoms with Crippen molar-refractivity contribution in [3.63, 3.8) is 0 Å². The first-order valence-corrected chi connectivity index (χ1v) is 6.26. The molecule has 0 bridgehead atoms. The molecule has 0 spiro atoms. The summed E-state index contributed by atoms with van der Waals surface area (Å²) in [5, 5.41) is 0.367. The third-order valence-electron chi connectivity index (χ3n) is 3.22. The van der Waals surface area contributed by atoms with Crippen LogP contribution in [0.15, 0.2) is 18.2 Å². The molecule has 0 atom stereocenters. The van der Waals surface area contributed by atoms with E-state index in [1.54, 1.807) is 12.0 Å². The zero-order valence-electron chi connectivity index (χ0n) is 10.2. The molecule has 0 aliphatic carbocycles. The molecule has 2 rings (SSSR count). The minimum absolute atomic E-state index is 0.0402. The van der Waals surface area contributed by atoms with Crippen LogP contribution in [-0.4, -0.2) is 37.1 Å². The molecule has 1 fully saturated rings. The number of hydrogen-bond donors (Lipinski definition) is 0. The first kappa shape index (κ1) is 13.3. The molecule has 1 aliphatic heterocycles. The fourth-order valence-electron chi connectivity index (χ4n) is 2.13. The molecule has 3 nitrogen and oxygen atoms in total. The van der Waals surface area contributed by atoms with Gasteiger partial charge < -0.3 is 9.64 Å². The lowest BCUT2D eigenvalue weighted by atomic mass is 10.1. The fraction of sp³-hybridized carbons (Fsp3) is 0.462. The van der Waals surface area contributed by atoms with Gasteiger partial charge in [0.05, 0.1) is 11.7 Å². The van der Waals surface area contributed by atoms with E-state index < -0.39 is 5.82 Å². The minimum atomic E-state index is -0.529. The van der Waals surface area contributed by atoms with Crippen molar-refractivity contribution in [1.29, 1.82) is 0 Å². The number of likely N-dealkylation sites (tertiary alicyclic amines) is 1. The highest BCUT2D eigenvalue weighted by atomic mass is 35.5. The highest BCUT2D eigenvalue weighted by Crippen LogP contribution is 2.20. The third kappa shape index (κ3) is 2.82. The van der Waals surface area contributed by atoms with E-state index in [9.17, 15) is 9.18 Å². The van der Waals surface area contributed by atoms with Gasteiger partial charge in [-0.1, -0.05) is 11.6 Å². The molecule has 1 aromatic carbocycles. The van der Waals surface area contributed by atoms with Gasteiger partial charge in [-0.05, 0) is 31.0 Å². The molecule has 0 aromatic heterocycles. The number of halogens is 2. The highest BCUT2D eigenvalue weighted by Gasteiger charge is 2.25. The van der Waals surface area contributed by atoms with Gasteiger partial charge >= 0.3 is 0 Å². The predicted octanol–water partition coefficient (Wildman–Crippen LogP) is 2.73. The van der Waals surface area contributed by atoms with Crippen LogP contribution in [0.25, 0.3) is 0 Å². The Kier molecular flexibility index (Phi) is 4.19. The second-order valence-electron chi connectivity index (χ2n) is 4.35. The van der Waals surface area contributed by atoms with Crippen LogP contribution in [0.4, 0.5) is 4.39 Å². The maximum absolute atomic E-state index is 13.6. The number of methoxy groups -OCH3 is 1. The van der Waals surface area contributed by atoms with Gasteiger partial charge in [0, 0.05) is 25.2 Å². The van der Waals surface area contributed by atoms with Crippen molar-refractivity contribution in [1.82, 2.24) is 4.90 Å². The number of piperidine rings is 1. The summed E-state index contributed by atoms with van der Waals surface area (Å²) in [5.41, 5.74) is 0.0402. The number of rotatable bonds is 2. The Bertz CT molecular complexity index is 445. The fourth-order valence-corrected chi connectivity index (χ4v) is 2.30. The van der Waals surface area contributed by atoms with Gasteiger partial charge in [-0.3, -0.25) is 4.79 Å². The van der Waals surface area contributed by atoms with Crippen LogP contribution < -0.4 is 0 Å². The van der Waals surface area contributed by atoms with Crippen molar-refractivity contribution in [3.8, 4) is 0 Å². The molecule has 0 radical (unpaired) electrons. The van der Waals surface area contributed by atoms with Gasteiger partial charge in [0.25, 0.3) is 5.91 Å². The van der Waals surface area contributed by atoms with Crippen LogP contribution in [0.1, 0.15) is 23.2 Å². The van der Waals surface area contributed by atoms with Gasteiger partial charge in [0.2, 0.25) is 0 Å².